The van der Waals surface area contributed by atoms with E-state index in [1.165, 1.54) is 4.88 Å². The van der Waals surface area contributed by atoms with Crippen molar-refractivity contribution >= 4 is 22.9 Å². The van der Waals surface area contributed by atoms with Gasteiger partial charge in [0.05, 0.1) is 17.0 Å². The lowest BCUT2D eigenvalue weighted by Crippen LogP contribution is -2.46. The van der Waals surface area contributed by atoms with Crippen molar-refractivity contribution in [1.29, 1.82) is 0 Å². The first-order chi connectivity index (χ1) is 10.1. The van der Waals surface area contributed by atoms with Gasteiger partial charge in [-0.3, -0.25) is 4.90 Å². The lowest BCUT2D eigenvalue weighted by molar-refractivity contribution is 0.0686. The van der Waals surface area contributed by atoms with E-state index < -0.39 is 0 Å². The number of ether oxygens (including phenoxy) is 1. The monoisotopic (exact) mass is 332 g/mol. The molecule has 2 N–H and O–H groups in total. The van der Waals surface area contributed by atoms with E-state index in [-0.39, 0.29) is 12.1 Å². The zero-order valence-corrected chi connectivity index (χ0v) is 15.2. The van der Waals surface area contributed by atoms with Gasteiger partial charge in [-0.15, -0.1) is 11.3 Å². The van der Waals surface area contributed by atoms with E-state index in [1.54, 1.807) is 18.4 Å². The number of hydrogen-bond acceptors (Lipinski definition) is 4. The van der Waals surface area contributed by atoms with Crippen molar-refractivity contribution in [2.45, 2.75) is 58.2 Å². The summed E-state index contributed by atoms with van der Waals surface area (Å²) in [6, 6.07) is 4.93. The fourth-order valence-corrected chi connectivity index (χ4v) is 4.09. The second kappa shape index (κ2) is 9.80. The molecule has 0 aliphatic carbocycles. The normalized spacial score (nSPS) is 14.9. The van der Waals surface area contributed by atoms with Crippen molar-refractivity contribution in [3.63, 3.8) is 0 Å². The molecule has 0 radical (unpaired) electrons. The molecule has 2 atom stereocenters. The van der Waals surface area contributed by atoms with Gasteiger partial charge in [-0.1, -0.05) is 32.4 Å². The Kier molecular flexibility index (Phi) is 8.83. The Bertz CT molecular complexity index is 395. The van der Waals surface area contributed by atoms with Crippen molar-refractivity contribution in [2.75, 3.05) is 20.3 Å². The maximum absolute atomic E-state index is 6.46. The molecule has 0 aliphatic rings. The van der Waals surface area contributed by atoms with Crippen LogP contribution in [-0.4, -0.2) is 37.2 Å². The number of rotatable bonds is 10. The summed E-state index contributed by atoms with van der Waals surface area (Å²) in [7, 11) is 1.75. The molecule has 1 aromatic rings. The molecule has 0 aliphatic heterocycles. The largest absolute Gasteiger partial charge is 0.383 e. The van der Waals surface area contributed by atoms with Gasteiger partial charge in [-0.05, 0) is 31.4 Å². The highest BCUT2D eigenvalue weighted by Gasteiger charge is 2.30. The molecule has 0 amide bonds. The quantitative estimate of drug-likeness (QED) is 0.693. The van der Waals surface area contributed by atoms with Crippen LogP contribution >= 0.6 is 22.9 Å². The zero-order chi connectivity index (χ0) is 15.8. The molecule has 1 heterocycles. The van der Waals surface area contributed by atoms with Gasteiger partial charge < -0.3 is 10.5 Å². The fraction of sp³-hybridized carbons (Fsp3) is 0.750. The molecule has 122 valence electrons. The third kappa shape index (κ3) is 5.22. The van der Waals surface area contributed by atoms with Gasteiger partial charge in [0.2, 0.25) is 0 Å². The van der Waals surface area contributed by atoms with Crippen molar-refractivity contribution < 1.29 is 4.74 Å². The summed E-state index contributed by atoms with van der Waals surface area (Å²) in [6.07, 6.45) is 3.18. The molecule has 0 saturated carbocycles. The number of thiophene rings is 1. The minimum Gasteiger partial charge on any atom is -0.383 e. The van der Waals surface area contributed by atoms with E-state index in [4.69, 9.17) is 22.1 Å². The summed E-state index contributed by atoms with van der Waals surface area (Å²) in [5, 5.41) is 0. The van der Waals surface area contributed by atoms with Crippen LogP contribution in [0.3, 0.4) is 0 Å². The summed E-state index contributed by atoms with van der Waals surface area (Å²) in [5.41, 5.74) is 6.46. The van der Waals surface area contributed by atoms with E-state index in [9.17, 15) is 0 Å². The minimum absolute atomic E-state index is 0.108. The molecular weight excluding hydrogens is 304 g/mol. The van der Waals surface area contributed by atoms with E-state index >= 15 is 0 Å². The van der Waals surface area contributed by atoms with Crippen molar-refractivity contribution in [1.82, 2.24) is 4.90 Å². The van der Waals surface area contributed by atoms with Crippen molar-refractivity contribution in [2.24, 2.45) is 5.73 Å². The second-order valence-electron chi connectivity index (χ2n) is 5.36. The molecule has 0 saturated heterocycles. The van der Waals surface area contributed by atoms with Crippen molar-refractivity contribution in [3.8, 4) is 0 Å². The van der Waals surface area contributed by atoms with Gasteiger partial charge in [0, 0.05) is 30.6 Å². The zero-order valence-electron chi connectivity index (χ0n) is 13.6. The van der Waals surface area contributed by atoms with E-state index in [0.717, 1.165) is 36.8 Å². The average molecular weight is 333 g/mol. The highest BCUT2D eigenvalue weighted by molar-refractivity contribution is 7.16. The Hall–Kier alpha value is -0.130. The molecule has 0 bridgehead atoms. The van der Waals surface area contributed by atoms with Crippen LogP contribution < -0.4 is 5.73 Å². The van der Waals surface area contributed by atoms with Gasteiger partial charge >= 0.3 is 0 Å². The lowest BCUT2D eigenvalue weighted by Gasteiger charge is -2.39. The Morgan fingerprint density at radius 3 is 2.33 bits per heavy atom. The van der Waals surface area contributed by atoms with Crippen LogP contribution in [0.4, 0.5) is 0 Å². The maximum Gasteiger partial charge on any atom is 0.0931 e. The van der Waals surface area contributed by atoms with Gasteiger partial charge in [-0.2, -0.15) is 0 Å². The summed E-state index contributed by atoms with van der Waals surface area (Å²) >= 11 is 7.79. The first-order valence-electron chi connectivity index (χ1n) is 7.84. The topological polar surface area (TPSA) is 38.5 Å². The van der Waals surface area contributed by atoms with E-state index in [2.05, 4.69) is 31.7 Å². The van der Waals surface area contributed by atoms with Gasteiger partial charge in [0.25, 0.3) is 0 Å². The molecular formula is C16H29ClN2OS. The summed E-state index contributed by atoms with van der Waals surface area (Å²) in [6.45, 7) is 8.25. The number of methoxy groups -OCH3 is 1. The average Bonchev–Trinajstić information content (AvgIpc) is 2.91. The first kappa shape index (κ1) is 18.9. The van der Waals surface area contributed by atoms with Crippen LogP contribution in [0.15, 0.2) is 12.1 Å². The summed E-state index contributed by atoms with van der Waals surface area (Å²) in [5.74, 6) is 0. The Morgan fingerprint density at radius 1 is 1.24 bits per heavy atom. The predicted molar refractivity (Wildman–Crippen MR) is 93.3 cm³/mol. The second-order valence-corrected chi connectivity index (χ2v) is 7.11. The molecule has 21 heavy (non-hydrogen) atoms. The standard InChI is InChI=1S/C16H29ClN2OS/c1-5-12(6-2)19(10-11-20-4)16(13(18)7-3)14-8-9-15(17)21-14/h8-9,12-13,16H,5-7,10-11,18H2,1-4H3. The molecule has 0 spiro atoms. The number of nitrogens with zero attached hydrogens (tertiary/aromatic N) is 1. The van der Waals surface area contributed by atoms with Gasteiger partial charge in [0.15, 0.2) is 0 Å². The van der Waals surface area contributed by atoms with E-state index in [0.29, 0.717) is 6.04 Å². The van der Waals surface area contributed by atoms with Crippen LogP contribution in [0.5, 0.6) is 0 Å². The smallest absolute Gasteiger partial charge is 0.0931 e. The molecule has 1 rings (SSSR count). The number of halogens is 1. The van der Waals surface area contributed by atoms with Crippen LogP contribution in [-0.2, 0) is 4.74 Å². The Labute approximate surface area is 138 Å². The highest BCUT2D eigenvalue weighted by atomic mass is 35.5. The molecule has 1 aromatic heterocycles. The third-order valence-electron chi connectivity index (χ3n) is 4.08. The molecule has 0 aromatic carbocycles. The molecule has 3 nitrogen and oxygen atoms in total. The number of nitrogens with two attached hydrogens (primary N) is 1. The van der Waals surface area contributed by atoms with Crippen molar-refractivity contribution in [3.05, 3.63) is 21.3 Å². The van der Waals surface area contributed by atoms with Gasteiger partial charge in [-0.25, -0.2) is 0 Å². The maximum atomic E-state index is 6.46. The van der Waals surface area contributed by atoms with E-state index in [1.807, 2.05) is 6.07 Å². The summed E-state index contributed by atoms with van der Waals surface area (Å²) < 4.78 is 6.14. The van der Waals surface area contributed by atoms with Gasteiger partial charge in [0.1, 0.15) is 0 Å². The highest BCUT2D eigenvalue weighted by Crippen LogP contribution is 2.35. The predicted octanol–water partition coefficient (Wildman–Crippen LogP) is 4.32. The molecule has 5 heteroatoms. The Balaban J connectivity index is 3.09. The minimum atomic E-state index is 0.108. The summed E-state index contributed by atoms with van der Waals surface area (Å²) in [4.78, 5) is 3.78. The SMILES string of the molecule is CCC(N)C(c1ccc(Cl)s1)N(CCOC)C(CC)CC. The molecule has 0 fully saturated rings. The fourth-order valence-electron chi connectivity index (χ4n) is 2.83. The van der Waals surface area contributed by atoms with Crippen LogP contribution in [0.2, 0.25) is 4.34 Å². The molecule has 2 unspecified atom stereocenters. The van der Waals surface area contributed by atoms with Crippen LogP contribution in [0.1, 0.15) is 51.0 Å². The first-order valence-corrected chi connectivity index (χ1v) is 9.03. The third-order valence-corrected chi connectivity index (χ3v) is 5.39. The van der Waals surface area contributed by atoms with Crippen LogP contribution in [0.25, 0.3) is 0 Å². The Morgan fingerprint density at radius 2 is 1.90 bits per heavy atom. The van der Waals surface area contributed by atoms with Crippen LogP contribution in [0, 0.1) is 0 Å². The lowest BCUT2D eigenvalue weighted by atomic mass is 9.99. The number of hydrogen-bond donors (Lipinski definition) is 1.